The van der Waals surface area contributed by atoms with Crippen molar-refractivity contribution >= 4 is 5.78 Å². The minimum absolute atomic E-state index is 0.00810. The van der Waals surface area contributed by atoms with Gasteiger partial charge < -0.3 is 4.74 Å². The van der Waals surface area contributed by atoms with Crippen LogP contribution in [0.5, 0.6) is 0 Å². The first-order valence-electron chi connectivity index (χ1n) is 3.91. The molecule has 0 radical (unpaired) electrons. The number of hydrogen-bond acceptors (Lipinski definition) is 3. The average Bonchev–Trinajstić information content (AvgIpc) is 1.96. The second kappa shape index (κ2) is 3.32. The predicted molar refractivity (Wildman–Crippen MR) is 42.3 cm³/mol. The molecule has 0 bridgehead atoms. The van der Waals surface area contributed by atoms with Gasteiger partial charge in [-0.15, -0.1) is 0 Å². The minimum Gasteiger partial charge on any atom is -0.366 e. The van der Waals surface area contributed by atoms with Gasteiger partial charge in [-0.2, -0.15) is 0 Å². The van der Waals surface area contributed by atoms with Crippen LogP contribution in [0.2, 0.25) is 0 Å². The van der Waals surface area contributed by atoms with E-state index in [4.69, 9.17) is 4.74 Å². The molecule has 0 spiro atoms. The number of carbonyl (C=O) groups excluding carboxylic acids is 1. The molecule has 0 amide bonds. The van der Waals surface area contributed by atoms with Crippen LogP contribution in [-0.2, 0) is 9.53 Å². The van der Waals surface area contributed by atoms with E-state index < -0.39 is 0 Å². The van der Waals surface area contributed by atoms with Crippen LogP contribution in [0.3, 0.4) is 0 Å². The summed E-state index contributed by atoms with van der Waals surface area (Å²) < 4.78 is 5.15. The van der Waals surface area contributed by atoms with Gasteiger partial charge in [0.25, 0.3) is 0 Å². The van der Waals surface area contributed by atoms with E-state index in [0.717, 1.165) is 0 Å². The van der Waals surface area contributed by atoms with E-state index in [0.29, 0.717) is 24.7 Å². The van der Waals surface area contributed by atoms with E-state index in [1.807, 2.05) is 14.0 Å². The largest absolute Gasteiger partial charge is 0.366 e. The molecule has 64 valence electrons. The zero-order valence-corrected chi connectivity index (χ0v) is 7.33. The van der Waals surface area contributed by atoms with Crippen molar-refractivity contribution in [2.45, 2.75) is 32.0 Å². The summed E-state index contributed by atoms with van der Waals surface area (Å²) in [6.45, 7) is 2.04. The van der Waals surface area contributed by atoms with Crippen molar-refractivity contribution in [3.05, 3.63) is 0 Å². The highest BCUT2D eigenvalue weighted by Crippen LogP contribution is 2.18. The number of likely N-dealkylation sites (tertiary alicyclic amines) is 1. The van der Waals surface area contributed by atoms with Crippen LogP contribution in [0.4, 0.5) is 0 Å². The quantitative estimate of drug-likeness (QED) is 0.559. The molecule has 0 N–H and O–H groups in total. The molecule has 1 saturated heterocycles. The zero-order chi connectivity index (χ0) is 8.43. The SMILES string of the molecule is COC1CC(=O)CC(C)N1C. The van der Waals surface area contributed by atoms with Gasteiger partial charge in [0, 0.05) is 26.0 Å². The van der Waals surface area contributed by atoms with E-state index in [9.17, 15) is 4.79 Å². The summed E-state index contributed by atoms with van der Waals surface area (Å²) in [4.78, 5) is 13.2. The fourth-order valence-electron chi connectivity index (χ4n) is 1.43. The van der Waals surface area contributed by atoms with Crippen molar-refractivity contribution in [1.82, 2.24) is 4.90 Å². The molecule has 0 aromatic heterocycles. The zero-order valence-electron chi connectivity index (χ0n) is 7.33. The third-order valence-electron chi connectivity index (χ3n) is 2.35. The number of piperidine rings is 1. The Labute approximate surface area is 67.3 Å². The molecule has 3 nitrogen and oxygen atoms in total. The monoisotopic (exact) mass is 157 g/mol. The van der Waals surface area contributed by atoms with Crippen molar-refractivity contribution in [2.75, 3.05) is 14.2 Å². The Balaban J connectivity index is 2.58. The van der Waals surface area contributed by atoms with Crippen LogP contribution in [0, 0.1) is 0 Å². The fourth-order valence-corrected chi connectivity index (χ4v) is 1.43. The smallest absolute Gasteiger partial charge is 0.138 e. The Morgan fingerprint density at radius 1 is 1.55 bits per heavy atom. The van der Waals surface area contributed by atoms with Gasteiger partial charge in [0.2, 0.25) is 0 Å². The molecule has 0 saturated carbocycles. The molecule has 2 atom stereocenters. The van der Waals surface area contributed by atoms with Crippen LogP contribution >= 0.6 is 0 Å². The number of nitrogens with zero attached hydrogens (tertiary/aromatic N) is 1. The second-order valence-corrected chi connectivity index (χ2v) is 3.15. The van der Waals surface area contributed by atoms with Gasteiger partial charge in [-0.3, -0.25) is 9.69 Å². The summed E-state index contributed by atoms with van der Waals surface area (Å²) in [6, 6.07) is 0.321. The summed E-state index contributed by atoms with van der Waals surface area (Å²) in [6.07, 6.45) is 1.19. The number of rotatable bonds is 1. The summed E-state index contributed by atoms with van der Waals surface area (Å²) in [5.74, 6) is 0.308. The van der Waals surface area contributed by atoms with E-state index in [2.05, 4.69) is 4.90 Å². The summed E-state index contributed by atoms with van der Waals surface area (Å²) in [5, 5.41) is 0. The van der Waals surface area contributed by atoms with E-state index in [1.54, 1.807) is 7.11 Å². The van der Waals surface area contributed by atoms with Crippen LogP contribution in [0.25, 0.3) is 0 Å². The molecule has 1 aliphatic heterocycles. The predicted octanol–water partition coefficient (Wildman–Crippen LogP) is 0.642. The van der Waals surface area contributed by atoms with E-state index in [-0.39, 0.29) is 6.23 Å². The third-order valence-corrected chi connectivity index (χ3v) is 2.35. The highest BCUT2D eigenvalue weighted by atomic mass is 16.5. The standard InChI is InChI=1S/C8H15NO2/c1-6-4-7(10)5-8(11-3)9(6)2/h6,8H,4-5H2,1-3H3. The van der Waals surface area contributed by atoms with Crippen molar-refractivity contribution in [2.24, 2.45) is 0 Å². The number of ketones is 1. The van der Waals surface area contributed by atoms with Crippen LogP contribution in [0.15, 0.2) is 0 Å². The maximum atomic E-state index is 11.1. The van der Waals surface area contributed by atoms with Gasteiger partial charge in [-0.1, -0.05) is 0 Å². The third kappa shape index (κ3) is 1.79. The van der Waals surface area contributed by atoms with Crippen molar-refractivity contribution in [3.8, 4) is 0 Å². The second-order valence-electron chi connectivity index (χ2n) is 3.15. The van der Waals surface area contributed by atoms with Gasteiger partial charge in [0.15, 0.2) is 0 Å². The van der Waals surface area contributed by atoms with Gasteiger partial charge in [0.05, 0.1) is 0 Å². The summed E-state index contributed by atoms with van der Waals surface area (Å²) in [7, 11) is 3.64. The average molecular weight is 157 g/mol. The van der Waals surface area contributed by atoms with Gasteiger partial charge >= 0.3 is 0 Å². The highest BCUT2D eigenvalue weighted by Gasteiger charge is 2.28. The molecule has 1 fully saturated rings. The molecule has 0 aromatic rings. The molecule has 1 rings (SSSR count). The lowest BCUT2D eigenvalue weighted by molar-refractivity contribution is -0.135. The van der Waals surface area contributed by atoms with Gasteiger partial charge in [-0.25, -0.2) is 0 Å². The molecule has 0 aromatic carbocycles. The van der Waals surface area contributed by atoms with E-state index in [1.165, 1.54) is 0 Å². The number of methoxy groups -OCH3 is 1. The first-order valence-corrected chi connectivity index (χ1v) is 3.91. The maximum Gasteiger partial charge on any atom is 0.138 e. The Kier molecular flexibility index (Phi) is 2.62. The number of hydrogen-bond donors (Lipinski definition) is 0. The molecule has 11 heavy (non-hydrogen) atoms. The van der Waals surface area contributed by atoms with Crippen LogP contribution in [-0.4, -0.2) is 37.1 Å². The van der Waals surface area contributed by atoms with Crippen molar-refractivity contribution in [3.63, 3.8) is 0 Å². The molecule has 1 aliphatic rings. The van der Waals surface area contributed by atoms with E-state index >= 15 is 0 Å². The summed E-state index contributed by atoms with van der Waals surface area (Å²) >= 11 is 0. The highest BCUT2D eigenvalue weighted by molar-refractivity contribution is 5.80. The van der Waals surface area contributed by atoms with Crippen molar-refractivity contribution in [1.29, 1.82) is 0 Å². The lowest BCUT2D eigenvalue weighted by atomic mass is 10.0. The first-order chi connectivity index (χ1) is 5.15. The molecule has 3 heteroatoms. The number of Topliss-reactive ketones (excluding diaryl/α,β-unsaturated/α-hetero) is 1. The molecular formula is C8H15NO2. The Morgan fingerprint density at radius 3 is 2.73 bits per heavy atom. The fraction of sp³-hybridized carbons (Fsp3) is 0.875. The molecule has 0 aliphatic carbocycles. The maximum absolute atomic E-state index is 11.1. The summed E-state index contributed by atoms with van der Waals surface area (Å²) in [5.41, 5.74) is 0. The number of ether oxygens (including phenoxy) is 1. The lowest BCUT2D eigenvalue weighted by Crippen LogP contribution is -2.46. The molecule has 1 heterocycles. The van der Waals surface area contributed by atoms with Crippen molar-refractivity contribution < 1.29 is 9.53 Å². The van der Waals surface area contributed by atoms with Crippen LogP contribution in [0.1, 0.15) is 19.8 Å². The van der Waals surface area contributed by atoms with Gasteiger partial charge in [0.1, 0.15) is 12.0 Å². The normalized spacial score (nSPS) is 34.3. The molecular weight excluding hydrogens is 142 g/mol. The van der Waals surface area contributed by atoms with Crippen LogP contribution < -0.4 is 0 Å². The minimum atomic E-state index is -0.00810. The Hall–Kier alpha value is -0.410. The topological polar surface area (TPSA) is 29.5 Å². The Bertz CT molecular complexity index is 158. The molecule has 2 unspecified atom stereocenters. The number of carbonyl (C=O) groups is 1. The van der Waals surface area contributed by atoms with Gasteiger partial charge in [-0.05, 0) is 14.0 Å². The Morgan fingerprint density at radius 2 is 2.18 bits per heavy atom. The first kappa shape index (κ1) is 8.68. The lowest BCUT2D eigenvalue weighted by Gasteiger charge is -2.35.